The van der Waals surface area contributed by atoms with Gasteiger partial charge in [-0.05, 0) is 31.2 Å². The molecule has 0 aliphatic carbocycles. The van der Waals surface area contributed by atoms with Crippen LogP contribution in [-0.4, -0.2) is 6.16 Å². The Kier molecular flexibility index (Phi) is 32.9. The Morgan fingerprint density at radius 1 is 0.947 bits per heavy atom. The lowest BCUT2D eigenvalue weighted by Gasteiger charge is -2.01. The molecule has 0 bridgehead atoms. The Hall–Kier alpha value is -0.290. The van der Waals surface area contributed by atoms with E-state index in [4.69, 9.17) is 5.73 Å². The highest BCUT2D eigenvalue weighted by Crippen LogP contribution is 2.18. The molecule has 0 fully saturated rings. The first-order valence-electron chi connectivity index (χ1n) is 7.99. The molecule has 116 valence electrons. The van der Waals surface area contributed by atoms with Gasteiger partial charge in [0.05, 0.1) is 0 Å². The first-order chi connectivity index (χ1) is 9.31. The third-order valence-corrected chi connectivity index (χ3v) is 3.75. The number of rotatable bonds is 10. The molecule has 0 heterocycles. The Morgan fingerprint density at radius 2 is 1.47 bits per heavy atom. The topological polar surface area (TPSA) is 26.0 Å². The zero-order chi connectivity index (χ0) is 15.4. The van der Waals surface area contributed by atoms with E-state index in [1.54, 1.807) is 0 Å². The van der Waals surface area contributed by atoms with Gasteiger partial charge in [0, 0.05) is 5.70 Å². The van der Waals surface area contributed by atoms with E-state index < -0.39 is 0 Å². The zero-order valence-electron chi connectivity index (χ0n) is 13.9. The molecule has 2 heteroatoms. The lowest BCUT2D eigenvalue weighted by molar-refractivity contribution is 0.662. The Morgan fingerprint density at radius 3 is 2.00 bits per heavy atom. The molecule has 0 saturated carbocycles. The summed E-state index contributed by atoms with van der Waals surface area (Å²) < 4.78 is 0. The molecule has 0 radical (unpaired) electrons. The summed E-state index contributed by atoms with van der Waals surface area (Å²) in [4.78, 5) is 0. The summed E-state index contributed by atoms with van der Waals surface area (Å²) in [6.07, 6.45) is 11.8. The largest absolute Gasteiger partial charge is 0.402 e. The van der Waals surface area contributed by atoms with Crippen molar-refractivity contribution in [2.75, 3.05) is 6.16 Å². The molecular weight excluding hydrogens is 249 g/mol. The van der Waals surface area contributed by atoms with Crippen molar-refractivity contribution in [2.45, 2.75) is 79.1 Å². The normalized spacial score (nSPS) is 10.6. The minimum atomic E-state index is 0.948. The molecule has 0 aliphatic heterocycles. The van der Waals surface area contributed by atoms with E-state index in [-0.39, 0.29) is 0 Å². The van der Waals surface area contributed by atoms with Gasteiger partial charge in [-0.3, -0.25) is 0 Å². The minimum absolute atomic E-state index is 0.948. The van der Waals surface area contributed by atoms with Gasteiger partial charge in [-0.25, -0.2) is 0 Å². The Balaban J connectivity index is -0.000000579. The van der Waals surface area contributed by atoms with Gasteiger partial charge in [-0.2, -0.15) is 0 Å². The van der Waals surface area contributed by atoms with Crippen LogP contribution in [0.4, 0.5) is 0 Å². The summed E-state index contributed by atoms with van der Waals surface area (Å²) in [6.45, 7) is 14.5. The van der Waals surface area contributed by atoms with Gasteiger partial charge in [0.25, 0.3) is 0 Å². The molecule has 0 rings (SSSR count). The van der Waals surface area contributed by atoms with Gasteiger partial charge in [-0.1, -0.05) is 68.4 Å². The van der Waals surface area contributed by atoms with Crippen LogP contribution in [0.25, 0.3) is 0 Å². The van der Waals surface area contributed by atoms with Crippen molar-refractivity contribution in [3.05, 3.63) is 24.7 Å². The molecule has 0 saturated heterocycles. The van der Waals surface area contributed by atoms with E-state index >= 15 is 0 Å². The smallest absolute Gasteiger partial charge is 0.00827 e. The van der Waals surface area contributed by atoms with Crippen LogP contribution in [0.15, 0.2) is 24.7 Å². The first-order valence-corrected chi connectivity index (χ1v) is 9.27. The lowest BCUT2D eigenvalue weighted by Crippen LogP contribution is -1.95. The van der Waals surface area contributed by atoms with Gasteiger partial charge in [0.15, 0.2) is 0 Å². The molecule has 0 aromatic rings. The van der Waals surface area contributed by atoms with Crippen molar-refractivity contribution >= 4 is 8.58 Å². The van der Waals surface area contributed by atoms with E-state index in [1.807, 2.05) is 13.8 Å². The molecule has 0 aromatic heterocycles. The van der Waals surface area contributed by atoms with Gasteiger partial charge in [0.1, 0.15) is 0 Å². The molecule has 0 aromatic carbocycles. The fraction of sp³-hybridized carbons (Fsp3) is 0.765. The number of nitrogens with two attached hydrogens (primary N) is 1. The van der Waals surface area contributed by atoms with Crippen LogP contribution < -0.4 is 5.73 Å². The second-order valence-corrected chi connectivity index (χ2v) is 5.39. The highest BCUT2D eigenvalue weighted by molar-refractivity contribution is 7.41. The van der Waals surface area contributed by atoms with Crippen LogP contribution in [0.1, 0.15) is 79.1 Å². The number of hydrogen-bond donors (Lipinski definition) is 1. The SMILES string of the molecule is C=C.CC.CCCCCC/C(N)=C/PCCCCC. The highest BCUT2D eigenvalue weighted by Gasteiger charge is 1.92. The van der Waals surface area contributed by atoms with Crippen LogP contribution in [-0.2, 0) is 0 Å². The summed E-state index contributed by atoms with van der Waals surface area (Å²) >= 11 is 0. The second kappa shape index (κ2) is 26.3. The van der Waals surface area contributed by atoms with E-state index in [2.05, 4.69) is 32.8 Å². The van der Waals surface area contributed by atoms with Crippen molar-refractivity contribution in [3.8, 4) is 0 Å². The molecule has 1 nitrogen and oxygen atoms in total. The van der Waals surface area contributed by atoms with Gasteiger partial charge >= 0.3 is 0 Å². The molecule has 2 N–H and O–H groups in total. The van der Waals surface area contributed by atoms with Crippen LogP contribution in [0.2, 0.25) is 0 Å². The minimum Gasteiger partial charge on any atom is -0.402 e. The summed E-state index contributed by atoms with van der Waals surface area (Å²) in [5, 5.41) is 0. The highest BCUT2D eigenvalue weighted by atomic mass is 31.1. The Labute approximate surface area is 124 Å². The third-order valence-electron chi connectivity index (χ3n) is 2.53. The third kappa shape index (κ3) is 27.1. The van der Waals surface area contributed by atoms with Crippen molar-refractivity contribution in [2.24, 2.45) is 5.73 Å². The van der Waals surface area contributed by atoms with E-state index in [1.165, 1.54) is 51.1 Å². The maximum Gasteiger partial charge on any atom is 0.00827 e. The average Bonchev–Trinajstić information content (AvgIpc) is 2.48. The average molecular weight is 287 g/mol. The van der Waals surface area contributed by atoms with E-state index in [9.17, 15) is 0 Å². The zero-order valence-corrected chi connectivity index (χ0v) is 14.9. The summed E-state index contributed by atoms with van der Waals surface area (Å²) in [5.41, 5.74) is 7.06. The fourth-order valence-corrected chi connectivity index (χ4v) is 2.51. The van der Waals surface area contributed by atoms with Crippen LogP contribution in [0.3, 0.4) is 0 Å². The van der Waals surface area contributed by atoms with E-state index in [0.29, 0.717) is 0 Å². The molecule has 19 heavy (non-hydrogen) atoms. The molecule has 1 unspecified atom stereocenters. The van der Waals surface area contributed by atoms with Gasteiger partial charge in [0.2, 0.25) is 0 Å². The van der Waals surface area contributed by atoms with Crippen LogP contribution >= 0.6 is 8.58 Å². The monoisotopic (exact) mass is 287 g/mol. The predicted octanol–water partition coefficient (Wildman–Crippen LogP) is 6.45. The predicted molar refractivity (Wildman–Crippen MR) is 96.3 cm³/mol. The summed E-state index contributed by atoms with van der Waals surface area (Å²) in [7, 11) is 0.948. The van der Waals surface area contributed by atoms with Gasteiger partial charge < -0.3 is 5.73 Å². The summed E-state index contributed by atoms with van der Waals surface area (Å²) in [5.74, 6) is 2.27. The van der Waals surface area contributed by atoms with Crippen LogP contribution in [0, 0.1) is 0 Å². The summed E-state index contributed by atoms with van der Waals surface area (Å²) in [6, 6.07) is 0. The van der Waals surface area contributed by atoms with Crippen LogP contribution in [0.5, 0.6) is 0 Å². The number of allylic oxidation sites excluding steroid dienone is 1. The number of hydrogen-bond acceptors (Lipinski definition) is 1. The molecular formula is C17H38NP. The quantitative estimate of drug-likeness (QED) is 0.279. The fourth-order valence-electron chi connectivity index (χ4n) is 1.51. The molecule has 0 aliphatic rings. The standard InChI is InChI=1S/C13H28NP.C2H6.C2H4/c1-3-5-7-8-10-13(14)12-15-11-9-6-4-2;2*1-2/h12,15H,3-11,14H2,1-2H3;1-2H3;1-2H2/b13-12-;;. The molecule has 0 amide bonds. The van der Waals surface area contributed by atoms with E-state index in [0.717, 1.165) is 20.7 Å². The second-order valence-electron chi connectivity index (χ2n) is 4.19. The van der Waals surface area contributed by atoms with Gasteiger partial charge in [-0.15, -0.1) is 13.2 Å². The lowest BCUT2D eigenvalue weighted by atomic mass is 10.1. The number of unbranched alkanes of at least 4 members (excludes halogenated alkanes) is 5. The molecule has 1 atom stereocenters. The molecule has 0 spiro atoms. The van der Waals surface area contributed by atoms with Crippen molar-refractivity contribution in [3.63, 3.8) is 0 Å². The van der Waals surface area contributed by atoms with Crippen molar-refractivity contribution in [1.82, 2.24) is 0 Å². The first kappa shape index (κ1) is 23.8. The maximum atomic E-state index is 5.94. The maximum absolute atomic E-state index is 5.94. The Bertz CT molecular complexity index is 167. The van der Waals surface area contributed by atoms with Crippen molar-refractivity contribution < 1.29 is 0 Å². The van der Waals surface area contributed by atoms with Crippen molar-refractivity contribution in [1.29, 1.82) is 0 Å².